The lowest BCUT2D eigenvalue weighted by molar-refractivity contribution is -0.00880. The molecule has 2 aliphatic rings. The summed E-state index contributed by atoms with van der Waals surface area (Å²) in [6.07, 6.45) is 8.58. The molecule has 0 aromatic carbocycles. The average molecular weight is 247 g/mol. The van der Waals surface area contributed by atoms with Gasteiger partial charge in [-0.05, 0) is 37.4 Å². The van der Waals surface area contributed by atoms with Gasteiger partial charge in [0.15, 0.2) is 0 Å². The zero-order chi connectivity index (χ0) is 12.6. The van der Waals surface area contributed by atoms with Gasteiger partial charge in [-0.15, -0.1) is 0 Å². The van der Waals surface area contributed by atoms with Crippen molar-refractivity contribution >= 4 is 5.69 Å². The predicted molar refractivity (Wildman–Crippen MR) is 71.1 cm³/mol. The molecule has 0 spiro atoms. The van der Waals surface area contributed by atoms with E-state index in [-0.39, 0.29) is 0 Å². The first-order chi connectivity index (χ1) is 8.69. The monoisotopic (exact) mass is 247 g/mol. The van der Waals surface area contributed by atoms with Gasteiger partial charge in [0.1, 0.15) is 0 Å². The summed E-state index contributed by atoms with van der Waals surface area (Å²) in [5.41, 5.74) is 7.07. The highest BCUT2D eigenvalue weighted by Gasteiger charge is 2.46. The van der Waals surface area contributed by atoms with Crippen molar-refractivity contribution in [1.29, 1.82) is 0 Å². The first-order valence-electron chi connectivity index (χ1n) is 6.84. The third-order valence-electron chi connectivity index (χ3n) is 4.50. The maximum absolute atomic E-state index is 10.9. The summed E-state index contributed by atoms with van der Waals surface area (Å²) in [7, 11) is 0. The number of nitrogens with two attached hydrogens (primary N) is 1. The smallest absolute Gasteiger partial charge is 0.0855 e. The van der Waals surface area contributed by atoms with Crippen molar-refractivity contribution in [3.8, 4) is 0 Å². The van der Waals surface area contributed by atoms with E-state index in [0.717, 1.165) is 37.2 Å². The standard InChI is InChI=1S/C14H21N3O/c15-12-4-6-16-10-11(12)9-14(18)5-8-17-7-2-1-3-13(14)17/h4,6,10,13,18H,1-3,5,7-9H2,(H2,15,16). The summed E-state index contributed by atoms with van der Waals surface area (Å²) in [6.45, 7) is 2.15. The number of hydrogen-bond donors (Lipinski definition) is 2. The van der Waals surface area contributed by atoms with Crippen LogP contribution in [0.4, 0.5) is 5.69 Å². The van der Waals surface area contributed by atoms with Crippen LogP contribution in [0.3, 0.4) is 0 Å². The van der Waals surface area contributed by atoms with Crippen LogP contribution in [-0.2, 0) is 6.42 Å². The second kappa shape index (κ2) is 4.52. The Hall–Kier alpha value is -1.13. The Labute approximate surface area is 108 Å². The number of rotatable bonds is 2. The molecule has 3 N–H and O–H groups in total. The highest BCUT2D eigenvalue weighted by molar-refractivity contribution is 5.45. The van der Waals surface area contributed by atoms with Gasteiger partial charge in [0.2, 0.25) is 0 Å². The highest BCUT2D eigenvalue weighted by atomic mass is 16.3. The van der Waals surface area contributed by atoms with E-state index >= 15 is 0 Å². The summed E-state index contributed by atoms with van der Waals surface area (Å²) < 4.78 is 0. The molecular weight excluding hydrogens is 226 g/mol. The van der Waals surface area contributed by atoms with Crippen LogP contribution in [-0.4, -0.2) is 39.7 Å². The van der Waals surface area contributed by atoms with Crippen molar-refractivity contribution in [1.82, 2.24) is 9.88 Å². The van der Waals surface area contributed by atoms with Crippen LogP contribution in [0.2, 0.25) is 0 Å². The zero-order valence-electron chi connectivity index (χ0n) is 10.7. The van der Waals surface area contributed by atoms with Gasteiger partial charge < -0.3 is 10.8 Å². The van der Waals surface area contributed by atoms with Crippen LogP contribution in [0.15, 0.2) is 18.5 Å². The summed E-state index contributed by atoms with van der Waals surface area (Å²) in [4.78, 5) is 6.56. The Kier molecular flexibility index (Phi) is 2.99. The molecule has 3 rings (SSSR count). The molecule has 2 fully saturated rings. The number of hydrogen-bond acceptors (Lipinski definition) is 4. The third kappa shape index (κ3) is 1.99. The summed E-state index contributed by atoms with van der Waals surface area (Å²) >= 11 is 0. The van der Waals surface area contributed by atoms with Crippen molar-refractivity contribution < 1.29 is 5.11 Å². The largest absolute Gasteiger partial charge is 0.398 e. The lowest BCUT2D eigenvalue weighted by Crippen LogP contribution is -2.48. The SMILES string of the molecule is Nc1ccncc1CC1(O)CCN2CCCCC21. The van der Waals surface area contributed by atoms with Crippen molar-refractivity contribution in [2.24, 2.45) is 0 Å². The maximum atomic E-state index is 10.9. The molecule has 2 atom stereocenters. The fourth-order valence-corrected chi connectivity index (χ4v) is 3.49. The van der Waals surface area contributed by atoms with Gasteiger partial charge in [-0.3, -0.25) is 9.88 Å². The van der Waals surface area contributed by atoms with Gasteiger partial charge in [0, 0.05) is 37.1 Å². The Morgan fingerprint density at radius 2 is 2.33 bits per heavy atom. The Balaban J connectivity index is 1.81. The fraction of sp³-hybridized carbons (Fsp3) is 0.643. The van der Waals surface area contributed by atoms with E-state index in [2.05, 4.69) is 9.88 Å². The van der Waals surface area contributed by atoms with E-state index in [0.29, 0.717) is 12.5 Å². The van der Waals surface area contributed by atoms with Crippen LogP contribution in [0.25, 0.3) is 0 Å². The number of fused-ring (bicyclic) bond motifs is 1. The highest BCUT2D eigenvalue weighted by Crippen LogP contribution is 2.37. The molecule has 4 heteroatoms. The van der Waals surface area contributed by atoms with Crippen molar-refractivity contribution in [3.63, 3.8) is 0 Å². The summed E-state index contributed by atoms with van der Waals surface area (Å²) in [5.74, 6) is 0. The van der Waals surface area contributed by atoms with E-state index in [1.54, 1.807) is 12.4 Å². The third-order valence-corrected chi connectivity index (χ3v) is 4.50. The van der Waals surface area contributed by atoms with Crippen molar-refractivity contribution in [3.05, 3.63) is 24.0 Å². The number of aliphatic hydroxyl groups is 1. The first kappa shape index (κ1) is 11.9. The minimum Gasteiger partial charge on any atom is -0.398 e. The molecule has 2 unspecified atom stereocenters. The van der Waals surface area contributed by atoms with E-state index in [9.17, 15) is 5.11 Å². The second-order valence-electron chi connectivity index (χ2n) is 5.65. The maximum Gasteiger partial charge on any atom is 0.0855 e. The molecule has 2 aliphatic heterocycles. The molecule has 1 aromatic heterocycles. The zero-order valence-corrected chi connectivity index (χ0v) is 10.7. The average Bonchev–Trinajstić information content (AvgIpc) is 2.71. The molecule has 1 aromatic rings. The second-order valence-corrected chi connectivity index (χ2v) is 5.65. The van der Waals surface area contributed by atoms with E-state index in [4.69, 9.17) is 5.73 Å². The summed E-state index contributed by atoms with van der Waals surface area (Å²) in [5, 5.41) is 10.9. The fourth-order valence-electron chi connectivity index (χ4n) is 3.49. The van der Waals surface area contributed by atoms with Gasteiger partial charge in [0.05, 0.1) is 5.60 Å². The van der Waals surface area contributed by atoms with Crippen LogP contribution in [0.1, 0.15) is 31.2 Å². The topological polar surface area (TPSA) is 62.4 Å². The van der Waals surface area contributed by atoms with E-state index < -0.39 is 5.60 Å². The molecule has 98 valence electrons. The van der Waals surface area contributed by atoms with Gasteiger partial charge in [-0.1, -0.05) is 6.42 Å². The summed E-state index contributed by atoms with van der Waals surface area (Å²) in [6, 6.07) is 2.12. The number of nitrogens with zero attached hydrogens (tertiary/aromatic N) is 2. The van der Waals surface area contributed by atoms with E-state index in [1.165, 1.54) is 12.8 Å². The molecule has 0 aliphatic carbocycles. The van der Waals surface area contributed by atoms with Gasteiger partial charge in [-0.2, -0.15) is 0 Å². The Bertz CT molecular complexity index is 437. The van der Waals surface area contributed by atoms with Crippen LogP contribution in [0, 0.1) is 0 Å². The molecule has 0 bridgehead atoms. The Morgan fingerprint density at radius 3 is 3.17 bits per heavy atom. The molecule has 0 radical (unpaired) electrons. The Morgan fingerprint density at radius 1 is 1.44 bits per heavy atom. The first-order valence-corrected chi connectivity index (χ1v) is 6.84. The number of piperidine rings is 1. The number of anilines is 1. The molecule has 2 saturated heterocycles. The van der Waals surface area contributed by atoms with Crippen LogP contribution in [0.5, 0.6) is 0 Å². The minimum atomic E-state index is -0.614. The molecule has 3 heterocycles. The lowest BCUT2D eigenvalue weighted by Gasteiger charge is -2.37. The quantitative estimate of drug-likeness (QED) is 0.824. The van der Waals surface area contributed by atoms with Crippen LogP contribution < -0.4 is 5.73 Å². The van der Waals surface area contributed by atoms with Gasteiger partial charge in [-0.25, -0.2) is 0 Å². The van der Waals surface area contributed by atoms with Gasteiger partial charge >= 0.3 is 0 Å². The predicted octanol–water partition coefficient (Wildman–Crippen LogP) is 1.20. The number of aromatic nitrogens is 1. The van der Waals surface area contributed by atoms with Gasteiger partial charge in [0.25, 0.3) is 0 Å². The molecule has 0 amide bonds. The van der Waals surface area contributed by atoms with Crippen LogP contribution >= 0.6 is 0 Å². The minimum absolute atomic E-state index is 0.311. The van der Waals surface area contributed by atoms with E-state index in [1.807, 2.05) is 6.07 Å². The number of pyridine rings is 1. The molecule has 18 heavy (non-hydrogen) atoms. The molecular formula is C14H21N3O. The number of nitrogen functional groups attached to an aromatic ring is 1. The normalized spacial score (nSPS) is 32.4. The van der Waals surface area contributed by atoms with Crippen molar-refractivity contribution in [2.45, 2.75) is 43.7 Å². The van der Waals surface area contributed by atoms with Crippen molar-refractivity contribution in [2.75, 3.05) is 18.8 Å². The lowest BCUT2D eigenvalue weighted by atomic mass is 9.84. The molecule has 0 saturated carbocycles. The molecule has 4 nitrogen and oxygen atoms in total.